The average molecular weight is 563 g/mol. The van der Waals surface area contributed by atoms with Crippen LogP contribution in [0.15, 0.2) is 64.3 Å². The first-order valence-electron chi connectivity index (χ1n) is 13.3. The molecular formula is C30H34N4O7. The predicted molar refractivity (Wildman–Crippen MR) is 152 cm³/mol. The minimum Gasteiger partial charge on any atom is -0.459 e. The van der Waals surface area contributed by atoms with Gasteiger partial charge in [-0.25, -0.2) is 9.59 Å². The number of rotatable bonds is 9. The molecule has 0 spiro atoms. The number of nitrogens with one attached hydrogen (secondary N) is 2. The fourth-order valence-electron chi connectivity index (χ4n) is 4.74. The van der Waals surface area contributed by atoms with E-state index >= 15 is 0 Å². The van der Waals surface area contributed by atoms with Crippen molar-refractivity contribution < 1.29 is 23.9 Å². The van der Waals surface area contributed by atoms with Crippen molar-refractivity contribution in [2.75, 3.05) is 26.2 Å². The van der Waals surface area contributed by atoms with Crippen LogP contribution < -0.4 is 16.6 Å². The summed E-state index contributed by atoms with van der Waals surface area (Å²) in [6, 6.07) is 15.9. The van der Waals surface area contributed by atoms with E-state index in [-0.39, 0.29) is 32.2 Å². The number of amides is 2. The Bertz CT molecular complexity index is 1520. The van der Waals surface area contributed by atoms with Gasteiger partial charge >= 0.3 is 17.8 Å². The van der Waals surface area contributed by atoms with Crippen LogP contribution in [0.3, 0.4) is 0 Å². The van der Waals surface area contributed by atoms with Gasteiger partial charge in [-0.2, -0.15) is 0 Å². The van der Waals surface area contributed by atoms with Crippen LogP contribution in [-0.4, -0.2) is 64.3 Å². The van der Waals surface area contributed by atoms with Crippen LogP contribution in [0, 0.1) is 6.92 Å². The first kappa shape index (κ1) is 29.3. The predicted octanol–water partition coefficient (Wildman–Crippen LogP) is 2.55. The van der Waals surface area contributed by atoms with Crippen LogP contribution in [0.1, 0.15) is 43.4 Å². The topological polar surface area (TPSA) is 140 Å². The van der Waals surface area contributed by atoms with Crippen molar-refractivity contribution in [3.8, 4) is 11.1 Å². The molecule has 2 amide bonds. The number of aromatic nitrogens is 2. The normalized spacial score (nSPS) is 12.3. The number of esters is 1. The Morgan fingerprint density at radius 1 is 1.00 bits per heavy atom. The lowest BCUT2D eigenvalue weighted by molar-refractivity contribution is -0.158. The van der Waals surface area contributed by atoms with Gasteiger partial charge in [0.1, 0.15) is 25.3 Å². The standard InChI is InChI=1S/C30H34N4O7/c1-19-16-34(28(38)32-27(19)37)14-13-33(17-26(36)41-30(2,3)4)25(35)15-31-29(39)40-18-24-22-11-7-5-9-20(22)21-10-6-8-12-23(21)24/h5-12,16,24H,13-15,17-18H2,1-4H3,(H,31,39)(H,32,37,38). The third kappa shape index (κ3) is 7.30. The number of benzene rings is 2. The molecule has 1 aliphatic rings. The second kappa shape index (κ2) is 12.2. The van der Waals surface area contributed by atoms with Gasteiger partial charge in [0.15, 0.2) is 0 Å². The van der Waals surface area contributed by atoms with Gasteiger partial charge in [0.05, 0.1) is 0 Å². The summed E-state index contributed by atoms with van der Waals surface area (Å²) in [5.41, 5.74) is 2.75. The highest BCUT2D eigenvalue weighted by Crippen LogP contribution is 2.44. The molecule has 0 atom stereocenters. The fraction of sp³-hybridized carbons (Fsp3) is 0.367. The maximum absolute atomic E-state index is 13.1. The van der Waals surface area contributed by atoms with Crippen molar-refractivity contribution in [2.24, 2.45) is 0 Å². The van der Waals surface area contributed by atoms with Crippen molar-refractivity contribution in [1.29, 1.82) is 0 Å². The van der Waals surface area contributed by atoms with Gasteiger partial charge in [-0.3, -0.25) is 23.9 Å². The number of ether oxygens (including phenoxy) is 2. The van der Waals surface area contributed by atoms with Crippen molar-refractivity contribution in [1.82, 2.24) is 19.8 Å². The fourth-order valence-corrected chi connectivity index (χ4v) is 4.74. The molecule has 0 saturated heterocycles. The van der Waals surface area contributed by atoms with E-state index in [9.17, 15) is 24.0 Å². The molecule has 2 aromatic carbocycles. The summed E-state index contributed by atoms with van der Waals surface area (Å²) in [5.74, 6) is -1.35. The second-order valence-corrected chi connectivity index (χ2v) is 10.8. The molecule has 41 heavy (non-hydrogen) atoms. The number of fused-ring (bicyclic) bond motifs is 3. The molecule has 0 aliphatic heterocycles. The molecule has 1 heterocycles. The highest BCUT2D eigenvalue weighted by Gasteiger charge is 2.29. The van der Waals surface area contributed by atoms with Crippen molar-refractivity contribution in [3.63, 3.8) is 0 Å². The van der Waals surface area contributed by atoms with Crippen LogP contribution in [0.4, 0.5) is 4.79 Å². The molecule has 0 radical (unpaired) electrons. The molecule has 1 aromatic heterocycles. The van der Waals surface area contributed by atoms with Gasteiger partial charge in [-0.1, -0.05) is 48.5 Å². The first-order valence-corrected chi connectivity index (χ1v) is 13.3. The van der Waals surface area contributed by atoms with Crippen LogP contribution in [0.2, 0.25) is 0 Å². The van der Waals surface area contributed by atoms with Gasteiger partial charge < -0.3 is 19.7 Å². The van der Waals surface area contributed by atoms with Gasteiger partial charge in [0.2, 0.25) is 5.91 Å². The summed E-state index contributed by atoms with van der Waals surface area (Å²) < 4.78 is 12.1. The lowest BCUT2D eigenvalue weighted by Gasteiger charge is -2.25. The number of H-pyrrole nitrogens is 1. The smallest absolute Gasteiger partial charge is 0.407 e. The summed E-state index contributed by atoms with van der Waals surface area (Å²) in [6.07, 6.45) is 0.608. The summed E-state index contributed by atoms with van der Waals surface area (Å²) in [6.45, 7) is 5.90. The van der Waals surface area contributed by atoms with Crippen LogP contribution in [0.5, 0.6) is 0 Å². The minimum atomic E-state index is -0.773. The zero-order valence-electron chi connectivity index (χ0n) is 23.6. The molecule has 1 aliphatic carbocycles. The van der Waals surface area contributed by atoms with E-state index in [1.54, 1.807) is 27.7 Å². The molecule has 11 nitrogen and oxygen atoms in total. The lowest BCUT2D eigenvalue weighted by Crippen LogP contribution is -2.46. The van der Waals surface area contributed by atoms with Gasteiger partial charge in [0, 0.05) is 30.8 Å². The highest BCUT2D eigenvalue weighted by atomic mass is 16.6. The van der Waals surface area contributed by atoms with E-state index in [2.05, 4.69) is 10.3 Å². The Labute approximate surface area is 237 Å². The van der Waals surface area contributed by atoms with E-state index in [4.69, 9.17) is 9.47 Å². The van der Waals surface area contributed by atoms with E-state index in [0.717, 1.165) is 22.3 Å². The van der Waals surface area contributed by atoms with Gasteiger partial charge in [0.25, 0.3) is 5.56 Å². The molecule has 0 bridgehead atoms. The van der Waals surface area contributed by atoms with Gasteiger partial charge in [-0.05, 0) is 49.9 Å². The Morgan fingerprint density at radius 3 is 2.22 bits per heavy atom. The Morgan fingerprint density at radius 2 is 1.61 bits per heavy atom. The van der Waals surface area contributed by atoms with E-state index in [0.29, 0.717) is 5.56 Å². The van der Waals surface area contributed by atoms with Crippen molar-refractivity contribution in [3.05, 3.63) is 92.3 Å². The highest BCUT2D eigenvalue weighted by molar-refractivity contribution is 5.86. The molecule has 216 valence electrons. The van der Waals surface area contributed by atoms with E-state index in [1.807, 2.05) is 48.5 Å². The van der Waals surface area contributed by atoms with Crippen molar-refractivity contribution in [2.45, 2.75) is 45.8 Å². The number of hydrogen-bond acceptors (Lipinski definition) is 7. The Balaban J connectivity index is 1.38. The summed E-state index contributed by atoms with van der Waals surface area (Å²) in [7, 11) is 0. The maximum atomic E-state index is 13.1. The number of carbonyl (C=O) groups is 3. The van der Waals surface area contributed by atoms with E-state index in [1.165, 1.54) is 15.7 Å². The third-order valence-corrected chi connectivity index (χ3v) is 6.62. The average Bonchev–Trinajstić information content (AvgIpc) is 3.23. The number of alkyl carbamates (subject to hydrolysis) is 1. The lowest BCUT2D eigenvalue weighted by atomic mass is 9.98. The maximum Gasteiger partial charge on any atom is 0.407 e. The van der Waals surface area contributed by atoms with Crippen molar-refractivity contribution >= 4 is 18.0 Å². The van der Waals surface area contributed by atoms with Gasteiger partial charge in [-0.15, -0.1) is 0 Å². The molecular weight excluding hydrogens is 528 g/mol. The molecule has 0 saturated carbocycles. The number of carbonyl (C=O) groups excluding carboxylic acids is 3. The molecule has 0 fully saturated rings. The number of aryl methyl sites for hydroxylation is 1. The summed E-state index contributed by atoms with van der Waals surface area (Å²) in [4.78, 5) is 65.4. The Kier molecular flexibility index (Phi) is 8.75. The summed E-state index contributed by atoms with van der Waals surface area (Å²) >= 11 is 0. The second-order valence-electron chi connectivity index (χ2n) is 10.8. The molecule has 2 N–H and O–H groups in total. The number of nitrogens with zero attached hydrogens (tertiary/aromatic N) is 2. The quantitative estimate of drug-likeness (QED) is 0.382. The molecule has 4 rings (SSSR count). The number of aromatic amines is 1. The first-order chi connectivity index (χ1) is 19.4. The molecule has 11 heteroatoms. The minimum absolute atomic E-state index is 0.00986. The zero-order chi connectivity index (χ0) is 29.7. The van der Waals surface area contributed by atoms with Crippen LogP contribution in [0.25, 0.3) is 11.1 Å². The number of hydrogen-bond donors (Lipinski definition) is 2. The van der Waals surface area contributed by atoms with E-state index < -0.39 is 41.4 Å². The molecule has 3 aromatic rings. The zero-order valence-corrected chi connectivity index (χ0v) is 23.6. The van der Waals surface area contributed by atoms with Crippen LogP contribution >= 0.6 is 0 Å². The summed E-state index contributed by atoms with van der Waals surface area (Å²) in [5, 5.41) is 2.46. The largest absolute Gasteiger partial charge is 0.459 e. The third-order valence-electron chi connectivity index (χ3n) is 6.62. The monoisotopic (exact) mass is 562 g/mol. The SMILES string of the molecule is Cc1cn(CCN(CC(=O)OC(C)(C)C)C(=O)CNC(=O)OCC2c3ccccc3-c3ccccc32)c(=O)[nH]c1=O. The molecule has 0 unspecified atom stereocenters. The van der Waals surface area contributed by atoms with Crippen LogP contribution in [-0.2, 0) is 25.6 Å². The Hall–Kier alpha value is -4.67.